The summed E-state index contributed by atoms with van der Waals surface area (Å²) in [5.41, 5.74) is 1.89. The Hall–Kier alpha value is -1.10. The maximum absolute atomic E-state index is 13.5. The fraction of sp³-hybridized carbons (Fsp3) is 0.250. The topological polar surface area (TPSA) is 21.3 Å². The number of rotatable bonds is 2. The predicted molar refractivity (Wildman–Crippen MR) is 85.3 cm³/mol. The average molecular weight is 371 g/mol. The first kappa shape index (κ1) is 14.8. The number of fused-ring (bicyclic) bond motifs is 1. The van der Waals surface area contributed by atoms with E-state index in [0.717, 1.165) is 22.0 Å². The van der Waals surface area contributed by atoms with Gasteiger partial charge < -0.3 is 10.1 Å². The van der Waals surface area contributed by atoms with Crippen LogP contribution in [0.4, 0.5) is 4.39 Å². The van der Waals surface area contributed by atoms with Gasteiger partial charge in [0.2, 0.25) is 0 Å². The van der Waals surface area contributed by atoms with Crippen molar-refractivity contribution in [3.63, 3.8) is 0 Å². The number of benzene rings is 2. The van der Waals surface area contributed by atoms with Gasteiger partial charge in [0.25, 0.3) is 0 Å². The SMILES string of the molecule is CNC1CC(c2ccc(Br)cc2Cl)Oc2cc(F)ccc21. The van der Waals surface area contributed by atoms with Gasteiger partial charge in [0.1, 0.15) is 17.7 Å². The molecule has 21 heavy (non-hydrogen) atoms. The molecule has 0 aromatic heterocycles. The molecule has 0 aliphatic carbocycles. The Morgan fingerprint density at radius 1 is 1.24 bits per heavy atom. The molecule has 3 rings (SSSR count). The number of ether oxygens (including phenoxy) is 1. The lowest BCUT2D eigenvalue weighted by molar-refractivity contribution is 0.153. The van der Waals surface area contributed by atoms with Crippen molar-refractivity contribution < 1.29 is 9.13 Å². The summed E-state index contributed by atoms with van der Waals surface area (Å²) in [4.78, 5) is 0. The Bertz CT molecular complexity index is 679. The molecule has 0 radical (unpaired) electrons. The molecule has 1 aliphatic heterocycles. The predicted octanol–water partition coefficient (Wildman–Crippen LogP) is 5.03. The molecule has 0 amide bonds. The average Bonchev–Trinajstić information content (AvgIpc) is 2.45. The molecule has 0 saturated carbocycles. The summed E-state index contributed by atoms with van der Waals surface area (Å²) in [5, 5.41) is 3.90. The first-order valence-corrected chi connectivity index (χ1v) is 7.84. The minimum atomic E-state index is -0.300. The monoisotopic (exact) mass is 369 g/mol. The van der Waals surface area contributed by atoms with Crippen LogP contribution in [0.2, 0.25) is 5.02 Å². The van der Waals surface area contributed by atoms with Crippen LogP contribution in [-0.2, 0) is 0 Å². The third-order valence-corrected chi connectivity index (χ3v) is 4.55. The molecule has 1 aliphatic rings. The zero-order chi connectivity index (χ0) is 15.0. The van der Waals surface area contributed by atoms with E-state index in [4.69, 9.17) is 16.3 Å². The molecule has 0 fully saturated rings. The highest BCUT2D eigenvalue weighted by Crippen LogP contribution is 2.42. The van der Waals surface area contributed by atoms with E-state index in [9.17, 15) is 4.39 Å². The van der Waals surface area contributed by atoms with Crippen LogP contribution >= 0.6 is 27.5 Å². The van der Waals surface area contributed by atoms with Crippen LogP contribution < -0.4 is 10.1 Å². The van der Waals surface area contributed by atoms with Gasteiger partial charge in [0.05, 0.1) is 0 Å². The van der Waals surface area contributed by atoms with Crippen LogP contribution in [0.25, 0.3) is 0 Å². The van der Waals surface area contributed by atoms with E-state index in [-0.39, 0.29) is 18.0 Å². The van der Waals surface area contributed by atoms with Crippen LogP contribution in [0, 0.1) is 5.82 Å². The summed E-state index contributed by atoms with van der Waals surface area (Å²) in [7, 11) is 1.89. The Balaban J connectivity index is 1.99. The van der Waals surface area contributed by atoms with Gasteiger partial charge in [-0.3, -0.25) is 0 Å². The second kappa shape index (κ2) is 5.95. The summed E-state index contributed by atoms with van der Waals surface area (Å²) < 4.78 is 20.3. The maximum Gasteiger partial charge on any atom is 0.127 e. The number of halogens is 3. The van der Waals surface area contributed by atoms with Crippen LogP contribution in [0.1, 0.15) is 29.7 Å². The zero-order valence-corrected chi connectivity index (χ0v) is 13.7. The standard InChI is InChI=1S/C16H14BrClFNO/c1-20-14-8-16(11-4-2-9(17)6-13(11)18)21-15-7-10(19)3-5-12(14)15/h2-7,14,16,20H,8H2,1H3. The van der Waals surface area contributed by atoms with Crippen LogP contribution in [-0.4, -0.2) is 7.05 Å². The van der Waals surface area contributed by atoms with Crippen molar-refractivity contribution in [2.45, 2.75) is 18.6 Å². The van der Waals surface area contributed by atoms with Crippen LogP contribution in [0.15, 0.2) is 40.9 Å². The normalized spacial score (nSPS) is 20.8. The second-order valence-corrected chi connectivity index (χ2v) is 6.35. The van der Waals surface area contributed by atoms with Crippen molar-refractivity contribution in [3.05, 3.63) is 62.8 Å². The highest BCUT2D eigenvalue weighted by molar-refractivity contribution is 9.10. The molecule has 110 valence electrons. The zero-order valence-electron chi connectivity index (χ0n) is 11.4. The van der Waals surface area contributed by atoms with Gasteiger partial charge in [-0.1, -0.05) is 39.7 Å². The number of hydrogen-bond acceptors (Lipinski definition) is 2. The lowest BCUT2D eigenvalue weighted by atomic mass is 9.93. The highest BCUT2D eigenvalue weighted by atomic mass is 79.9. The first-order chi connectivity index (χ1) is 10.1. The van der Waals surface area contributed by atoms with E-state index < -0.39 is 0 Å². The summed E-state index contributed by atoms with van der Waals surface area (Å²) in [6, 6.07) is 10.5. The Kier molecular flexibility index (Phi) is 4.20. The van der Waals surface area contributed by atoms with E-state index >= 15 is 0 Å². The lowest BCUT2D eigenvalue weighted by Crippen LogP contribution is -2.27. The molecule has 2 unspecified atom stereocenters. The third kappa shape index (κ3) is 2.93. The second-order valence-electron chi connectivity index (χ2n) is 5.03. The molecule has 0 spiro atoms. The Morgan fingerprint density at radius 3 is 2.71 bits per heavy atom. The van der Waals surface area contributed by atoms with Gasteiger partial charge in [-0.2, -0.15) is 0 Å². The van der Waals surface area contributed by atoms with Gasteiger partial charge in [-0.25, -0.2) is 4.39 Å². The van der Waals surface area contributed by atoms with Gasteiger partial charge in [0.15, 0.2) is 0 Å². The van der Waals surface area contributed by atoms with Crippen molar-refractivity contribution in [3.8, 4) is 5.75 Å². The largest absolute Gasteiger partial charge is 0.485 e. The summed E-state index contributed by atoms with van der Waals surface area (Å²) >= 11 is 9.70. The first-order valence-electron chi connectivity index (χ1n) is 6.67. The Labute approximate surface area is 136 Å². The fourth-order valence-corrected chi connectivity index (χ4v) is 3.46. The summed E-state index contributed by atoms with van der Waals surface area (Å²) in [5.74, 6) is 0.274. The summed E-state index contributed by atoms with van der Waals surface area (Å²) in [6.07, 6.45) is 0.550. The smallest absolute Gasteiger partial charge is 0.127 e. The molecule has 2 atom stereocenters. The number of hydrogen-bond donors (Lipinski definition) is 1. The van der Waals surface area contributed by atoms with Crippen molar-refractivity contribution in [2.75, 3.05) is 7.05 Å². The fourth-order valence-electron chi connectivity index (χ4n) is 2.67. The van der Waals surface area contributed by atoms with E-state index in [1.165, 1.54) is 12.1 Å². The molecule has 0 bridgehead atoms. The molecular weight excluding hydrogens is 357 g/mol. The molecule has 2 nitrogen and oxygen atoms in total. The van der Waals surface area contributed by atoms with Crippen molar-refractivity contribution >= 4 is 27.5 Å². The van der Waals surface area contributed by atoms with E-state index in [0.29, 0.717) is 10.8 Å². The van der Waals surface area contributed by atoms with Crippen LogP contribution in [0.5, 0.6) is 5.75 Å². The molecule has 5 heteroatoms. The van der Waals surface area contributed by atoms with Gasteiger partial charge in [-0.05, 0) is 25.2 Å². The maximum atomic E-state index is 13.5. The van der Waals surface area contributed by atoms with E-state index in [2.05, 4.69) is 21.2 Å². The third-order valence-electron chi connectivity index (χ3n) is 3.73. The summed E-state index contributed by atoms with van der Waals surface area (Å²) in [6.45, 7) is 0. The molecule has 0 saturated heterocycles. The molecular formula is C16H14BrClFNO. The minimum Gasteiger partial charge on any atom is -0.485 e. The minimum absolute atomic E-state index is 0.110. The van der Waals surface area contributed by atoms with Crippen LogP contribution in [0.3, 0.4) is 0 Å². The number of nitrogens with one attached hydrogen (secondary N) is 1. The molecule has 2 aromatic rings. The highest BCUT2D eigenvalue weighted by Gasteiger charge is 2.29. The molecule has 2 aromatic carbocycles. The Morgan fingerprint density at radius 2 is 2.00 bits per heavy atom. The van der Waals surface area contributed by atoms with E-state index in [1.54, 1.807) is 6.07 Å². The van der Waals surface area contributed by atoms with Gasteiger partial charge in [-0.15, -0.1) is 0 Å². The molecule has 1 N–H and O–H groups in total. The van der Waals surface area contributed by atoms with Gasteiger partial charge >= 0.3 is 0 Å². The quantitative estimate of drug-likeness (QED) is 0.801. The molecule has 1 heterocycles. The lowest BCUT2D eigenvalue weighted by Gasteiger charge is -2.32. The van der Waals surface area contributed by atoms with Crippen molar-refractivity contribution in [2.24, 2.45) is 0 Å². The van der Waals surface area contributed by atoms with Crippen molar-refractivity contribution in [1.82, 2.24) is 5.32 Å². The van der Waals surface area contributed by atoms with Crippen molar-refractivity contribution in [1.29, 1.82) is 0 Å². The van der Waals surface area contributed by atoms with E-state index in [1.807, 2.05) is 25.2 Å². The van der Waals surface area contributed by atoms with Gasteiger partial charge in [0, 0.05) is 39.2 Å².